The van der Waals surface area contributed by atoms with Gasteiger partial charge in [0, 0.05) is 7.05 Å². The van der Waals surface area contributed by atoms with Crippen molar-refractivity contribution in [2.75, 3.05) is 0 Å². The highest BCUT2D eigenvalue weighted by Crippen LogP contribution is 2.47. The fourth-order valence-electron chi connectivity index (χ4n) is 3.67. The van der Waals surface area contributed by atoms with Crippen LogP contribution in [0.15, 0.2) is 48.5 Å². The number of aryl methyl sites for hydroxylation is 1. The van der Waals surface area contributed by atoms with Crippen LogP contribution in [-0.4, -0.2) is 26.8 Å². The summed E-state index contributed by atoms with van der Waals surface area (Å²) < 4.78 is 85.7. The number of carboxylic acids is 1. The summed E-state index contributed by atoms with van der Waals surface area (Å²) in [6.07, 6.45) is -8.88. The first kappa shape index (κ1) is 25.1. The molecule has 3 aromatic rings. The van der Waals surface area contributed by atoms with Crippen LogP contribution in [0.2, 0.25) is 0 Å². The van der Waals surface area contributed by atoms with Crippen molar-refractivity contribution >= 4 is 11.9 Å². The van der Waals surface area contributed by atoms with Crippen LogP contribution in [0.3, 0.4) is 0 Å². The molecule has 0 radical (unpaired) electrons. The van der Waals surface area contributed by atoms with Crippen LogP contribution in [0.4, 0.5) is 26.3 Å². The van der Waals surface area contributed by atoms with Gasteiger partial charge < -0.3 is 15.2 Å². The second-order valence-corrected chi connectivity index (χ2v) is 8.19. The van der Waals surface area contributed by atoms with E-state index in [2.05, 4.69) is 10.4 Å². The summed E-state index contributed by atoms with van der Waals surface area (Å²) in [6, 6.07) is 8.76. The lowest BCUT2D eigenvalue weighted by Crippen LogP contribution is -2.36. The Hall–Kier alpha value is -4.03. The second kappa shape index (κ2) is 8.57. The van der Waals surface area contributed by atoms with Gasteiger partial charge in [-0.1, -0.05) is 12.1 Å². The number of carbonyl (C=O) groups excluding carboxylic acids is 1. The lowest BCUT2D eigenvalue weighted by molar-refractivity contribution is -0.142. The molecular formula is C23H17F6N3O4. The zero-order valence-corrected chi connectivity index (χ0v) is 18.4. The summed E-state index contributed by atoms with van der Waals surface area (Å²) in [5, 5.41) is 15.0. The molecule has 36 heavy (non-hydrogen) atoms. The molecule has 190 valence electrons. The standard InChI is InChI=1S/C23H17F6N3O4/c1-32-19(36-15-8-6-14(7-9-15)22(24,25)26)16(17(31-32)23(27,28)29)18(33)30-21(10-11-21)13-4-2-12(3-5-13)20(34)35/h2-9H,10-11H2,1H3,(H,30,33)(H,34,35). The number of carboxylic acid groups (broad SMARTS) is 1. The van der Waals surface area contributed by atoms with Crippen molar-refractivity contribution in [3.05, 3.63) is 76.5 Å². The van der Waals surface area contributed by atoms with Gasteiger partial charge in [0.05, 0.1) is 16.7 Å². The van der Waals surface area contributed by atoms with Crippen molar-refractivity contribution in [1.82, 2.24) is 15.1 Å². The van der Waals surface area contributed by atoms with Crippen molar-refractivity contribution in [3.8, 4) is 11.6 Å². The van der Waals surface area contributed by atoms with Crippen molar-refractivity contribution in [3.63, 3.8) is 0 Å². The van der Waals surface area contributed by atoms with Crippen LogP contribution in [0, 0.1) is 0 Å². The highest BCUT2D eigenvalue weighted by molar-refractivity contribution is 5.98. The first-order valence-electron chi connectivity index (χ1n) is 10.4. The maximum absolute atomic E-state index is 13.7. The maximum Gasteiger partial charge on any atom is 0.436 e. The molecule has 1 fully saturated rings. The minimum Gasteiger partial charge on any atom is -0.478 e. The Bertz CT molecular complexity index is 1310. The number of alkyl halides is 6. The number of halogens is 6. The fourth-order valence-corrected chi connectivity index (χ4v) is 3.67. The zero-order chi connectivity index (χ0) is 26.5. The first-order valence-corrected chi connectivity index (χ1v) is 10.4. The van der Waals surface area contributed by atoms with Crippen LogP contribution >= 0.6 is 0 Å². The van der Waals surface area contributed by atoms with Crippen LogP contribution in [0.1, 0.15) is 50.4 Å². The minimum atomic E-state index is -5.04. The zero-order valence-electron chi connectivity index (χ0n) is 18.4. The van der Waals surface area contributed by atoms with Gasteiger partial charge in [-0.3, -0.25) is 4.79 Å². The summed E-state index contributed by atoms with van der Waals surface area (Å²) in [6.45, 7) is 0. The molecule has 0 saturated heterocycles. The van der Waals surface area contributed by atoms with E-state index in [1.54, 1.807) is 0 Å². The molecule has 0 aliphatic heterocycles. The average molecular weight is 513 g/mol. The third-order valence-corrected chi connectivity index (χ3v) is 5.67. The van der Waals surface area contributed by atoms with E-state index in [-0.39, 0.29) is 11.3 Å². The number of aromatic nitrogens is 2. The fraction of sp³-hybridized carbons (Fsp3) is 0.261. The van der Waals surface area contributed by atoms with E-state index in [1.165, 1.54) is 24.3 Å². The number of hydrogen-bond acceptors (Lipinski definition) is 4. The summed E-state index contributed by atoms with van der Waals surface area (Å²) in [5.41, 5.74) is -3.96. The number of amides is 1. The van der Waals surface area contributed by atoms with Crippen LogP contribution in [0.25, 0.3) is 0 Å². The number of ether oxygens (including phenoxy) is 1. The van der Waals surface area contributed by atoms with E-state index < -0.39 is 52.5 Å². The van der Waals surface area contributed by atoms with E-state index in [9.17, 15) is 35.9 Å². The molecule has 0 spiro atoms. The molecule has 1 amide bonds. The summed E-state index contributed by atoms with van der Waals surface area (Å²) >= 11 is 0. The highest BCUT2D eigenvalue weighted by atomic mass is 19.4. The number of benzene rings is 2. The normalized spacial score (nSPS) is 14.9. The van der Waals surface area contributed by atoms with Crippen molar-refractivity contribution in [2.45, 2.75) is 30.7 Å². The topological polar surface area (TPSA) is 93.5 Å². The van der Waals surface area contributed by atoms with Gasteiger partial charge in [0.25, 0.3) is 5.91 Å². The van der Waals surface area contributed by atoms with Crippen molar-refractivity contribution in [2.24, 2.45) is 7.05 Å². The van der Waals surface area contributed by atoms with Gasteiger partial charge in [-0.15, -0.1) is 0 Å². The summed E-state index contributed by atoms with van der Waals surface area (Å²) in [5.74, 6) is -3.17. The molecular weight excluding hydrogens is 496 g/mol. The molecule has 1 aliphatic carbocycles. The Morgan fingerprint density at radius 1 is 0.972 bits per heavy atom. The van der Waals surface area contributed by atoms with Gasteiger partial charge in [-0.2, -0.15) is 31.4 Å². The molecule has 2 aromatic carbocycles. The molecule has 4 rings (SSSR count). The molecule has 2 N–H and O–H groups in total. The van der Waals surface area contributed by atoms with Gasteiger partial charge in [-0.25, -0.2) is 9.48 Å². The Kier molecular flexibility index (Phi) is 5.97. The number of hydrogen-bond donors (Lipinski definition) is 2. The lowest BCUT2D eigenvalue weighted by Gasteiger charge is -2.19. The van der Waals surface area contributed by atoms with E-state index in [1.807, 2.05) is 0 Å². The monoisotopic (exact) mass is 513 g/mol. The number of nitrogens with one attached hydrogen (secondary N) is 1. The third-order valence-electron chi connectivity index (χ3n) is 5.67. The maximum atomic E-state index is 13.7. The Morgan fingerprint density at radius 3 is 2.03 bits per heavy atom. The second-order valence-electron chi connectivity index (χ2n) is 8.19. The van der Waals surface area contributed by atoms with Gasteiger partial charge in [-0.05, 0) is 54.8 Å². The minimum absolute atomic E-state index is 0.000258. The van der Waals surface area contributed by atoms with Gasteiger partial charge in [0.15, 0.2) is 5.69 Å². The molecule has 13 heteroatoms. The quantitative estimate of drug-likeness (QED) is 0.433. The van der Waals surface area contributed by atoms with E-state index in [4.69, 9.17) is 9.84 Å². The van der Waals surface area contributed by atoms with Gasteiger partial charge in [0.2, 0.25) is 5.88 Å². The first-order chi connectivity index (χ1) is 16.7. The summed E-state index contributed by atoms with van der Waals surface area (Å²) in [7, 11) is 1.10. The molecule has 0 atom stereocenters. The average Bonchev–Trinajstić information content (AvgIpc) is 3.49. The molecule has 1 aliphatic rings. The van der Waals surface area contributed by atoms with Crippen molar-refractivity contribution < 1.29 is 45.8 Å². The lowest BCUT2D eigenvalue weighted by atomic mass is 10.0. The number of carbonyl (C=O) groups is 2. The summed E-state index contributed by atoms with van der Waals surface area (Å²) in [4.78, 5) is 24.2. The molecule has 0 bridgehead atoms. The van der Waals surface area contributed by atoms with Gasteiger partial charge in [0.1, 0.15) is 11.3 Å². The molecule has 1 saturated carbocycles. The smallest absolute Gasteiger partial charge is 0.436 e. The van der Waals surface area contributed by atoms with Crippen LogP contribution in [-0.2, 0) is 24.9 Å². The molecule has 1 heterocycles. The Balaban J connectivity index is 1.67. The molecule has 1 aromatic heterocycles. The number of nitrogens with zero attached hydrogens (tertiary/aromatic N) is 2. The predicted molar refractivity (Wildman–Crippen MR) is 112 cm³/mol. The number of rotatable bonds is 6. The Labute approximate surface area is 199 Å². The van der Waals surface area contributed by atoms with E-state index in [0.717, 1.165) is 19.2 Å². The van der Waals surface area contributed by atoms with Crippen LogP contribution < -0.4 is 10.1 Å². The van der Waals surface area contributed by atoms with E-state index >= 15 is 0 Å². The van der Waals surface area contributed by atoms with Crippen LogP contribution in [0.5, 0.6) is 11.6 Å². The van der Waals surface area contributed by atoms with Gasteiger partial charge >= 0.3 is 18.3 Å². The Morgan fingerprint density at radius 2 is 1.56 bits per heavy atom. The largest absolute Gasteiger partial charge is 0.478 e. The number of aromatic carboxylic acids is 1. The SMILES string of the molecule is Cn1nc(C(F)(F)F)c(C(=O)NC2(c3ccc(C(=O)O)cc3)CC2)c1Oc1ccc(C(F)(F)F)cc1. The molecule has 7 nitrogen and oxygen atoms in total. The predicted octanol–water partition coefficient (Wildman–Crippen LogP) is 5.37. The third kappa shape index (κ3) is 4.86. The highest BCUT2D eigenvalue weighted by Gasteiger charge is 2.49. The van der Waals surface area contributed by atoms with Crippen molar-refractivity contribution in [1.29, 1.82) is 0 Å². The molecule has 0 unspecified atom stereocenters. The van der Waals surface area contributed by atoms with E-state index in [0.29, 0.717) is 35.2 Å².